The van der Waals surface area contributed by atoms with Gasteiger partial charge in [-0.15, -0.1) is 0 Å². The Morgan fingerprint density at radius 2 is 1.59 bits per heavy atom. The Balaban J connectivity index is 2.02. The van der Waals surface area contributed by atoms with Crippen molar-refractivity contribution in [3.63, 3.8) is 0 Å². The Labute approximate surface area is 170 Å². The van der Waals surface area contributed by atoms with Crippen LogP contribution >= 0.6 is 0 Å². The van der Waals surface area contributed by atoms with E-state index in [9.17, 15) is 18.0 Å². The Morgan fingerprint density at radius 3 is 2.10 bits per heavy atom. The van der Waals surface area contributed by atoms with Crippen molar-refractivity contribution in [1.29, 1.82) is 0 Å². The normalized spacial score (nSPS) is 12.3. The van der Waals surface area contributed by atoms with Crippen LogP contribution in [-0.2, 0) is 14.8 Å². The number of ether oxygens (including phenoxy) is 1. The van der Waals surface area contributed by atoms with Crippen LogP contribution in [0.3, 0.4) is 0 Å². The molecule has 0 aliphatic rings. The number of benzene rings is 2. The second-order valence-electron chi connectivity index (χ2n) is 6.92. The summed E-state index contributed by atoms with van der Waals surface area (Å²) in [4.78, 5) is 23.1. The van der Waals surface area contributed by atoms with Crippen molar-refractivity contribution in [1.82, 2.24) is 5.32 Å². The highest BCUT2D eigenvalue weighted by Gasteiger charge is 2.17. The average Bonchev–Trinajstić information content (AvgIpc) is 2.66. The summed E-state index contributed by atoms with van der Waals surface area (Å²) in [6, 6.07) is 11.5. The fourth-order valence-corrected chi connectivity index (χ4v) is 3.38. The van der Waals surface area contributed by atoms with Gasteiger partial charge in [0.2, 0.25) is 5.91 Å². The van der Waals surface area contributed by atoms with Crippen LogP contribution in [0.2, 0.25) is 0 Å². The number of anilines is 1. The van der Waals surface area contributed by atoms with Gasteiger partial charge in [-0.05, 0) is 61.4 Å². The maximum Gasteiger partial charge on any atom is 0.261 e. The molecule has 0 spiro atoms. The van der Waals surface area contributed by atoms with Gasteiger partial charge < -0.3 is 15.8 Å². The highest BCUT2D eigenvalue weighted by Crippen LogP contribution is 2.20. The Bertz CT molecular complexity index is 955. The predicted octanol–water partition coefficient (Wildman–Crippen LogP) is 2.13. The molecule has 9 heteroatoms. The zero-order valence-electron chi connectivity index (χ0n) is 16.5. The van der Waals surface area contributed by atoms with Gasteiger partial charge in [0, 0.05) is 17.8 Å². The first-order valence-corrected chi connectivity index (χ1v) is 10.5. The molecule has 0 saturated heterocycles. The number of hydrogen-bond donors (Lipinski definition) is 3. The van der Waals surface area contributed by atoms with E-state index in [1.807, 2.05) is 13.8 Å². The fraction of sp³-hybridized carbons (Fsp3) is 0.300. The Morgan fingerprint density at radius 1 is 1.00 bits per heavy atom. The minimum absolute atomic E-state index is 0.0285. The molecule has 0 saturated carbocycles. The van der Waals surface area contributed by atoms with Crippen LogP contribution in [0.1, 0.15) is 31.1 Å². The molecule has 0 radical (unpaired) electrons. The van der Waals surface area contributed by atoms with Gasteiger partial charge in [0.15, 0.2) is 6.10 Å². The molecule has 2 aromatic rings. The van der Waals surface area contributed by atoms with Gasteiger partial charge in [0.25, 0.3) is 15.9 Å². The third kappa shape index (κ3) is 6.49. The number of primary amides is 1. The van der Waals surface area contributed by atoms with E-state index in [2.05, 4.69) is 10.0 Å². The number of carbonyl (C=O) groups is 2. The van der Waals surface area contributed by atoms with Gasteiger partial charge >= 0.3 is 0 Å². The lowest BCUT2D eigenvalue weighted by molar-refractivity contribution is -0.127. The summed E-state index contributed by atoms with van der Waals surface area (Å²) in [5, 5.41) is 2.78. The molecule has 156 valence electrons. The summed E-state index contributed by atoms with van der Waals surface area (Å²) < 4.78 is 33.0. The minimum atomic E-state index is -3.83. The third-order valence-corrected chi connectivity index (χ3v) is 5.32. The van der Waals surface area contributed by atoms with Gasteiger partial charge in [-0.1, -0.05) is 13.8 Å². The second-order valence-corrected chi connectivity index (χ2v) is 8.60. The van der Waals surface area contributed by atoms with E-state index < -0.39 is 22.0 Å². The topological polar surface area (TPSA) is 128 Å². The maximum absolute atomic E-state index is 12.5. The van der Waals surface area contributed by atoms with E-state index in [1.165, 1.54) is 48.5 Å². The highest BCUT2D eigenvalue weighted by atomic mass is 32.2. The van der Waals surface area contributed by atoms with Gasteiger partial charge in [-0.25, -0.2) is 8.42 Å². The molecule has 2 aromatic carbocycles. The van der Waals surface area contributed by atoms with Crippen LogP contribution in [0.15, 0.2) is 53.4 Å². The smallest absolute Gasteiger partial charge is 0.261 e. The van der Waals surface area contributed by atoms with Gasteiger partial charge in [-0.3, -0.25) is 14.3 Å². The van der Waals surface area contributed by atoms with Crippen molar-refractivity contribution in [2.45, 2.75) is 31.8 Å². The van der Waals surface area contributed by atoms with Crippen molar-refractivity contribution in [3.05, 3.63) is 54.1 Å². The molecule has 2 rings (SSSR count). The summed E-state index contributed by atoms with van der Waals surface area (Å²) >= 11 is 0. The van der Waals surface area contributed by atoms with E-state index in [4.69, 9.17) is 10.5 Å². The van der Waals surface area contributed by atoms with Crippen molar-refractivity contribution in [2.24, 2.45) is 11.7 Å². The molecule has 0 aliphatic heterocycles. The number of rotatable bonds is 9. The molecule has 8 nitrogen and oxygen atoms in total. The van der Waals surface area contributed by atoms with Gasteiger partial charge in [0.1, 0.15) is 5.75 Å². The molecule has 2 amide bonds. The van der Waals surface area contributed by atoms with Crippen LogP contribution in [0, 0.1) is 5.92 Å². The number of hydrogen-bond acceptors (Lipinski definition) is 5. The summed E-state index contributed by atoms with van der Waals surface area (Å²) in [5.74, 6) is -0.129. The van der Waals surface area contributed by atoms with E-state index in [-0.39, 0.29) is 16.4 Å². The van der Waals surface area contributed by atoms with Crippen LogP contribution < -0.4 is 20.5 Å². The predicted molar refractivity (Wildman–Crippen MR) is 110 cm³/mol. The number of carbonyl (C=O) groups excluding carboxylic acids is 2. The fourth-order valence-electron chi connectivity index (χ4n) is 2.32. The zero-order valence-corrected chi connectivity index (χ0v) is 17.3. The molecule has 0 aromatic heterocycles. The van der Waals surface area contributed by atoms with Gasteiger partial charge in [0.05, 0.1) is 4.90 Å². The first-order chi connectivity index (χ1) is 13.6. The second kappa shape index (κ2) is 9.42. The third-order valence-electron chi connectivity index (χ3n) is 3.92. The van der Waals surface area contributed by atoms with Gasteiger partial charge in [-0.2, -0.15) is 0 Å². The quantitative estimate of drug-likeness (QED) is 0.574. The van der Waals surface area contributed by atoms with Crippen LogP contribution in [0.5, 0.6) is 5.75 Å². The van der Waals surface area contributed by atoms with Crippen LogP contribution in [0.25, 0.3) is 0 Å². The van der Waals surface area contributed by atoms with E-state index in [0.717, 1.165) is 0 Å². The minimum Gasteiger partial charge on any atom is -0.481 e. The lowest BCUT2D eigenvalue weighted by Gasteiger charge is -2.16. The Hall–Kier alpha value is -3.07. The van der Waals surface area contributed by atoms with Crippen molar-refractivity contribution in [3.8, 4) is 5.75 Å². The molecule has 0 bridgehead atoms. The molecule has 0 heterocycles. The lowest BCUT2D eigenvalue weighted by atomic mass is 10.2. The molecule has 0 unspecified atom stereocenters. The number of nitrogens with two attached hydrogens (primary N) is 1. The van der Waals surface area contributed by atoms with Crippen molar-refractivity contribution < 1.29 is 22.7 Å². The first-order valence-electron chi connectivity index (χ1n) is 9.05. The van der Waals surface area contributed by atoms with E-state index >= 15 is 0 Å². The first kappa shape index (κ1) is 22.2. The molecule has 4 N–H and O–H groups in total. The number of amides is 2. The van der Waals surface area contributed by atoms with Crippen LogP contribution in [0.4, 0.5) is 5.69 Å². The SMILES string of the molecule is CC(C)CNC(=O)[C@H](C)Oc1ccc(S(=O)(=O)Nc2ccc(C(N)=O)cc2)cc1. The summed E-state index contributed by atoms with van der Waals surface area (Å²) in [6.45, 7) is 6.16. The highest BCUT2D eigenvalue weighted by molar-refractivity contribution is 7.92. The maximum atomic E-state index is 12.5. The summed E-state index contributed by atoms with van der Waals surface area (Å²) in [5.41, 5.74) is 5.74. The number of sulfonamides is 1. The van der Waals surface area contributed by atoms with Crippen molar-refractivity contribution in [2.75, 3.05) is 11.3 Å². The summed E-state index contributed by atoms with van der Waals surface area (Å²) in [7, 11) is -3.83. The lowest BCUT2D eigenvalue weighted by Crippen LogP contribution is -2.38. The summed E-state index contributed by atoms with van der Waals surface area (Å²) in [6.07, 6.45) is -0.710. The van der Waals surface area contributed by atoms with Crippen molar-refractivity contribution >= 4 is 27.5 Å². The molecule has 1 atom stereocenters. The zero-order chi connectivity index (χ0) is 21.6. The molecule has 0 fully saturated rings. The molecular formula is C20H25N3O5S. The van der Waals surface area contributed by atoms with E-state index in [0.29, 0.717) is 23.9 Å². The Kier molecular flexibility index (Phi) is 7.22. The van der Waals surface area contributed by atoms with E-state index in [1.54, 1.807) is 6.92 Å². The monoisotopic (exact) mass is 419 g/mol. The molecule has 29 heavy (non-hydrogen) atoms. The largest absolute Gasteiger partial charge is 0.481 e. The van der Waals surface area contributed by atoms with Crippen LogP contribution in [-0.4, -0.2) is 32.9 Å². The molecule has 0 aliphatic carbocycles. The standard InChI is InChI=1S/C20H25N3O5S/c1-13(2)12-22-20(25)14(3)28-17-8-10-18(11-9-17)29(26,27)23-16-6-4-15(5-7-16)19(21)24/h4-11,13-14,23H,12H2,1-3H3,(H2,21,24)(H,22,25)/t14-/m0/s1. The molecular weight excluding hydrogens is 394 g/mol. The average molecular weight is 420 g/mol. The number of nitrogens with one attached hydrogen (secondary N) is 2.